The Morgan fingerprint density at radius 1 is 1.17 bits per heavy atom. The Morgan fingerprint density at radius 3 is 2.57 bits per heavy atom. The lowest BCUT2D eigenvalue weighted by atomic mass is 9.85. The zero-order chi connectivity index (χ0) is 21.1. The topological polar surface area (TPSA) is 49.4 Å². The largest absolute Gasteiger partial charge is 0.350 e. The summed E-state index contributed by atoms with van der Waals surface area (Å²) in [5.74, 6) is -0.129. The lowest BCUT2D eigenvalue weighted by molar-refractivity contribution is -0.132. The number of likely N-dealkylation sites (tertiary alicyclic amines) is 1. The van der Waals surface area contributed by atoms with Gasteiger partial charge in [-0.2, -0.15) is 0 Å². The molecule has 2 aliphatic rings. The number of amides is 2. The Labute approximate surface area is 181 Å². The quantitative estimate of drug-likeness (QED) is 0.717. The van der Waals surface area contributed by atoms with Crippen LogP contribution in [0.25, 0.3) is 0 Å². The highest BCUT2D eigenvalue weighted by Crippen LogP contribution is 2.35. The summed E-state index contributed by atoms with van der Waals surface area (Å²) in [5, 5.41) is 3.82. The minimum atomic E-state index is -0.397. The van der Waals surface area contributed by atoms with E-state index < -0.39 is 5.54 Å². The highest BCUT2D eigenvalue weighted by molar-refractivity contribution is 6.30. The maximum Gasteiger partial charge on any atom is 0.223 e. The lowest BCUT2D eigenvalue weighted by Gasteiger charge is -2.31. The van der Waals surface area contributed by atoms with Gasteiger partial charge in [0.1, 0.15) is 5.82 Å². The number of benzene rings is 2. The van der Waals surface area contributed by atoms with Gasteiger partial charge in [0.25, 0.3) is 0 Å². The van der Waals surface area contributed by atoms with Gasteiger partial charge in [0.15, 0.2) is 0 Å². The van der Waals surface area contributed by atoms with Crippen molar-refractivity contribution in [3.05, 3.63) is 70.5 Å². The molecule has 0 aliphatic carbocycles. The van der Waals surface area contributed by atoms with Gasteiger partial charge in [-0.25, -0.2) is 4.39 Å². The molecule has 4 rings (SSSR count). The van der Waals surface area contributed by atoms with Crippen LogP contribution in [0, 0.1) is 5.82 Å². The first kappa shape index (κ1) is 20.9. The first-order chi connectivity index (χ1) is 14.4. The van der Waals surface area contributed by atoms with Crippen molar-refractivity contribution in [3.63, 3.8) is 0 Å². The van der Waals surface area contributed by atoms with Gasteiger partial charge >= 0.3 is 0 Å². The van der Waals surface area contributed by atoms with Crippen molar-refractivity contribution in [1.82, 2.24) is 10.2 Å². The normalized spacial score (nSPS) is 23.6. The summed E-state index contributed by atoms with van der Waals surface area (Å²) in [6.07, 6.45) is 4.72. The van der Waals surface area contributed by atoms with Crippen LogP contribution >= 0.6 is 11.6 Å². The molecule has 1 N–H and O–H groups in total. The molecular formula is C24H26ClFN2O2. The number of nitrogens with one attached hydrogen (secondary N) is 1. The maximum atomic E-state index is 13.3. The number of carbonyl (C=O) groups excluding carboxylic acids is 2. The van der Waals surface area contributed by atoms with E-state index in [0.29, 0.717) is 30.7 Å². The molecule has 0 radical (unpaired) electrons. The second-order valence-corrected chi connectivity index (χ2v) is 8.86. The van der Waals surface area contributed by atoms with E-state index in [4.69, 9.17) is 11.6 Å². The highest BCUT2D eigenvalue weighted by Gasteiger charge is 2.39. The van der Waals surface area contributed by atoms with E-state index in [1.54, 1.807) is 12.1 Å². The Bertz CT molecular complexity index is 916. The molecule has 2 aromatic carbocycles. The average molecular weight is 429 g/mol. The minimum absolute atomic E-state index is 0.00323. The molecule has 2 atom stereocenters. The van der Waals surface area contributed by atoms with Crippen LogP contribution in [-0.4, -0.2) is 28.8 Å². The molecule has 2 fully saturated rings. The van der Waals surface area contributed by atoms with Crippen molar-refractivity contribution in [2.24, 2.45) is 0 Å². The summed E-state index contributed by atoms with van der Waals surface area (Å²) in [4.78, 5) is 27.0. The molecular weight excluding hydrogens is 403 g/mol. The summed E-state index contributed by atoms with van der Waals surface area (Å²) in [5.41, 5.74) is 1.68. The zero-order valence-electron chi connectivity index (χ0n) is 16.9. The third-order valence-corrected chi connectivity index (χ3v) is 6.59. The Hall–Kier alpha value is -2.40. The summed E-state index contributed by atoms with van der Waals surface area (Å²) in [6, 6.07) is 14.1. The zero-order valence-corrected chi connectivity index (χ0v) is 17.6. The van der Waals surface area contributed by atoms with Crippen LogP contribution in [0.5, 0.6) is 0 Å². The monoisotopic (exact) mass is 428 g/mol. The van der Waals surface area contributed by atoms with Gasteiger partial charge in [0.2, 0.25) is 11.8 Å². The number of hydrogen-bond acceptors (Lipinski definition) is 2. The molecule has 158 valence electrons. The lowest BCUT2D eigenvalue weighted by Crippen LogP contribution is -2.44. The van der Waals surface area contributed by atoms with E-state index in [2.05, 4.69) is 5.32 Å². The molecule has 2 aliphatic heterocycles. The second kappa shape index (κ2) is 8.76. The van der Waals surface area contributed by atoms with Crippen molar-refractivity contribution < 1.29 is 14.0 Å². The summed E-state index contributed by atoms with van der Waals surface area (Å²) in [7, 11) is 0. The Morgan fingerprint density at radius 2 is 1.90 bits per heavy atom. The first-order valence-electron chi connectivity index (χ1n) is 10.5. The van der Waals surface area contributed by atoms with Crippen LogP contribution in [0.15, 0.2) is 48.5 Å². The summed E-state index contributed by atoms with van der Waals surface area (Å²) < 4.78 is 13.3. The molecule has 2 saturated heterocycles. The molecule has 6 heteroatoms. The second-order valence-electron chi connectivity index (χ2n) is 8.43. The number of carbonyl (C=O) groups is 2. The van der Waals surface area contributed by atoms with E-state index in [1.165, 1.54) is 12.1 Å². The fourth-order valence-electron chi connectivity index (χ4n) is 4.76. The van der Waals surface area contributed by atoms with Gasteiger partial charge in [-0.15, -0.1) is 0 Å². The molecule has 2 unspecified atom stereocenters. The van der Waals surface area contributed by atoms with Gasteiger partial charge in [0, 0.05) is 29.9 Å². The number of nitrogens with zero attached hydrogens (tertiary/aromatic N) is 1. The summed E-state index contributed by atoms with van der Waals surface area (Å²) in [6.45, 7) is 0.720. The van der Waals surface area contributed by atoms with Crippen LogP contribution in [0.3, 0.4) is 0 Å². The average Bonchev–Trinajstić information content (AvgIpc) is 3.36. The Balaban J connectivity index is 1.44. The highest BCUT2D eigenvalue weighted by atomic mass is 35.5. The van der Waals surface area contributed by atoms with Gasteiger partial charge in [-0.05, 0) is 67.5 Å². The molecule has 4 nitrogen and oxygen atoms in total. The maximum absolute atomic E-state index is 13.3. The van der Waals surface area contributed by atoms with Crippen molar-refractivity contribution in [3.8, 4) is 0 Å². The van der Waals surface area contributed by atoms with E-state index in [-0.39, 0.29) is 23.7 Å². The molecule has 0 spiro atoms. The number of hydrogen-bond donors (Lipinski definition) is 1. The van der Waals surface area contributed by atoms with Gasteiger partial charge in [-0.3, -0.25) is 9.59 Å². The molecule has 30 heavy (non-hydrogen) atoms. The Kier molecular flexibility index (Phi) is 6.09. The fraction of sp³-hybridized carbons (Fsp3) is 0.417. The van der Waals surface area contributed by atoms with Crippen LogP contribution in [0.1, 0.15) is 55.7 Å². The van der Waals surface area contributed by atoms with Crippen molar-refractivity contribution in [2.75, 3.05) is 6.54 Å². The smallest absolute Gasteiger partial charge is 0.223 e. The molecule has 0 aromatic heterocycles. The first-order valence-corrected chi connectivity index (χ1v) is 10.9. The van der Waals surface area contributed by atoms with Crippen LogP contribution in [0.2, 0.25) is 5.02 Å². The summed E-state index contributed by atoms with van der Waals surface area (Å²) >= 11 is 5.99. The van der Waals surface area contributed by atoms with E-state index in [1.807, 2.05) is 29.2 Å². The van der Waals surface area contributed by atoms with Crippen molar-refractivity contribution in [2.45, 2.75) is 56.5 Å². The number of rotatable bonds is 6. The van der Waals surface area contributed by atoms with Gasteiger partial charge in [-0.1, -0.05) is 35.9 Å². The standard InChI is InChI=1S/C24H26ClFN2O2/c25-19-7-3-17(4-8-19)16-24(13-11-22(29)27-24)14-12-23(30)28-15-1-2-21(28)18-5-9-20(26)10-6-18/h3-10,21H,1-2,11-16H2,(H,27,29). The molecule has 2 amide bonds. The SMILES string of the molecule is O=C1CCC(CCC(=O)N2CCCC2c2ccc(F)cc2)(Cc2ccc(Cl)cc2)N1. The third kappa shape index (κ3) is 4.67. The predicted octanol–water partition coefficient (Wildman–Crippen LogP) is 4.81. The minimum Gasteiger partial charge on any atom is -0.350 e. The van der Waals surface area contributed by atoms with E-state index in [9.17, 15) is 14.0 Å². The molecule has 2 heterocycles. The fourth-order valence-corrected chi connectivity index (χ4v) is 4.89. The van der Waals surface area contributed by atoms with Crippen LogP contribution in [0.4, 0.5) is 4.39 Å². The van der Waals surface area contributed by atoms with Gasteiger partial charge in [0.05, 0.1) is 6.04 Å². The molecule has 0 bridgehead atoms. The molecule has 2 aromatic rings. The van der Waals surface area contributed by atoms with Crippen LogP contribution < -0.4 is 5.32 Å². The number of halogens is 2. The predicted molar refractivity (Wildman–Crippen MR) is 115 cm³/mol. The third-order valence-electron chi connectivity index (χ3n) is 6.34. The van der Waals surface area contributed by atoms with Crippen LogP contribution in [-0.2, 0) is 16.0 Å². The van der Waals surface area contributed by atoms with E-state index in [0.717, 1.165) is 36.9 Å². The molecule has 0 saturated carbocycles. The van der Waals surface area contributed by atoms with Crippen molar-refractivity contribution >= 4 is 23.4 Å². The van der Waals surface area contributed by atoms with Gasteiger partial charge < -0.3 is 10.2 Å². The van der Waals surface area contributed by atoms with Crippen molar-refractivity contribution in [1.29, 1.82) is 0 Å². The van der Waals surface area contributed by atoms with E-state index >= 15 is 0 Å².